The minimum atomic E-state index is -0.276. The SMILES string of the molecule is CCOCCCn1c(=O)c(I)cn(C)c1=O. The number of rotatable bonds is 5. The van der Waals surface area contributed by atoms with Crippen LogP contribution in [0, 0.1) is 3.57 Å². The van der Waals surface area contributed by atoms with Crippen LogP contribution in [0.2, 0.25) is 0 Å². The van der Waals surface area contributed by atoms with Gasteiger partial charge in [-0.1, -0.05) is 0 Å². The van der Waals surface area contributed by atoms with Gasteiger partial charge in [0.15, 0.2) is 0 Å². The van der Waals surface area contributed by atoms with E-state index in [4.69, 9.17) is 4.74 Å². The molecule has 5 nitrogen and oxygen atoms in total. The topological polar surface area (TPSA) is 53.2 Å². The number of halogens is 1. The van der Waals surface area contributed by atoms with Crippen molar-refractivity contribution < 1.29 is 4.74 Å². The summed E-state index contributed by atoms with van der Waals surface area (Å²) in [5, 5.41) is 0. The van der Waals surface area contributed by atoms with Crippen LogP contribution in [0.5, 0.6) is 0 Å². The molecule has 0 aromatic carbocycles. The molecule has 6 heteroatoms. The molecule has 1 aromatic heterocycles. The third kappa shape index (κ3) is 3.18. The van der Waals surface area contributed by atoms with Crippen molar-refractivity contribution in [1.29, 1.82) is 0 Å². The molecule has 0 aliphatic heterocycles. The first-order valence-corrected chi connectivity index (χ1v) is 6.19. The van der Waals surface area contributed by atoms with Crippen LogP contribution in [-0.2, 0) is 18.3 Å². The first-order chi connectivity index (χ1) is 7.57. The van der Waals surface area contributed by atoms with E-state index >= 15 is 0 Å². The predicted molar refractivity (Wildman–Crippen MR) is 69.8 cm³/mol. The Morgan fingerprint density at radius 3 is 2.75 bits per heavy atom. The highest BCUT2D eigenvalue weighted by Gasteiger charge is 2.06. The maximum Gasteiger partial charge on any atom is 0.330 e. The summed E-state index contributed by atoms with van der Waals surface area (Å²) >= 11 is 1.94. The second-order valence-electron chi connectivity index (χ2n) is 3.38. The Morgan fingerprint density at radius 1 is 1.44 bits per heavy atom. The van der Waals surface area contributed by atoms with Crippen molar-refractivity contribution in [3.8, 4) is 0 Å². The number of ether oxygens (including phenoxy) is 1. The summed E-state index contributed by atoms with van der Waals surface area (Å²) in [4.78, 5) is 23.4. The lowest BCUT2D eigenvalue weighted by Gasteiger charge is -2.07. The summed E-state index contributed by atoms with van der Waals surface area (Å²) in [5.41, 5.74) is -0.498. The number of hydrogen-bond donors (Lipinski definition) is 0. The van der Waals surface area contributed by atoms with Crippen molar-refractivity contribution in [1.82, 2.24) is 9.13 Å². The van der Waals surface area contributed by atoms with Crippen LogP contribution in [0.4, 0.5) is 0 Å². The molecule has 1 rings (SSSR count). The van der Waals surface area contributed by atoms with Gasteiger partial charge in [0, 0.05) is 33.0 Å². The van der Waals surface area contributed by atoms with E-state index in [1.165, 1.54) is 9.13 Å². The van der Waals surface area contributed by atoms with E-state index in [0.29, 0.717) is 29.7 Å². The van der Waals surface area contributed by atoms with Crippen LogP contribution in [0.25, 0.3) is 0 Å². The molecular formula is C10H15IN2O3. The monoisotopic (exact) mass is 338 g/mol. The predicted octanol–water partition coefficient (Wildman–Crippen LogP) is 0.578. The molecule has 0 radical (unpaired) electrons. The van der Waals surface area contributed by atoms with Crippen LogP contribution < -0.4 is 11.2 Å². The van der Waals surface area contributed by atoms with Gasteiger partial charge >= 0.3 is 5.69 Å². The van der Waals surface area contributed by atoms with E-state index in [0.717, 1.165) is 0 Å². The fourth-order valence-electron chi connectivity index (χ4n) is 1.35. The van der Waals surface area contributed by atoms with Crippen molar-refractivity contribution >= 4 is 22.6 Å². The number of nitrogens with zero attached hydrogens (tertiary/aromatic N) is 2. The molecule has 1 heterocycles. The highest BCUT2D eigenvalue weighted by atomic mass is 127. The van der Waals surface area contributed by atoms with E-state index in [1.54, 1.807) is 13.2 Å². The van der Waals surface area contributed by atoms with Gasteiger partial charge in [0.1, 0.15) is 0 Å². The molecule has 0 aliphatic carbocycles. The standard InChI is InChI=1S/C10H15IN2O3/c1-3-16-6-4-5-13-9(14)8(11)7-12(2)10(13)15/h7H,3-6H2,1-2H3. The molecule has 0 spiro atoms. The second-order valence-corrected chi connectivity index (χ2v) is 4.54. The smallest absolute Gasteiger partial charge is 0.330 e. The van der Waals surface area contributed by atoms with Crippen LogP contribution in [0.1, 0.15) is 13.3 Å². The Labute approximate surface area is 107 Å². The quantitative estimate of drug-likeness (QED) is 0.583. The Balaban J connectivity index is 2.87. The van der Waals surface area contributed by atoms with Crippen LogP contribution in [0.15, 0.2) is 15.8 Å². The van der Waals surface area contributed by atoms with Gasteiger partial charge in [-0.05, 0) is 35.9 Å². The average molecular weight is 338 g/mol. The molecular weight excluding hydrogens is 323 g/mol. The molecule has 0 unspecified atom stereocenters. The van der Waals surface area contributed by atoms with Crippen LogP contribution in [0.3, 0.4) is 0 Å². The number of aryl methyl sites for hydroxylation is 1. The first-order valence-electron chi connectivity index (χ1n) is 5.11. The summed E-state index contributed by atoms with van der Waals surface area (Å²) in [6.45, 7) is 3.54. The van der Waals surface area contributed by atoms with Crippen molar-refractivity contribution in [2.45, 2.75) is 19.9 Å². The summed E-state index contributed by atoms with van der Waals surface area (Å²) < 4.78 is 8.39. The fourth-order valence-corrected chi connectivity index (χ4v) is 2.06. The molecule has 90 valence electrons. The molecule has 0 fully saturated rings. The third-order valence-corrected chi connectivity index (χ3v) is 2.90. The van der Waals surface area contributed by atoms with Crippen LogP contribution >= 0.6 is 22.6 Å². The average Bonchev–Trinajstić information content (AvgIpc) is 2.25. The zero-order chi connectivity index (χ0) is 12.1. The molecule has 0 saturated heterocycles. The second kappa shape index (κ2) is 6.19. The minimum absolute atomic E-state index is 0.222. The van der Waals surface area contributed by atoms with Gasteiger partial charge < -0.3 is 9.30 Å². The largest absolute Gasteiger partial charge is 0.382 e. The van der Waals surface area contributed by atoms with Gasteiger partial charge in [-0.3, -0.25) is 9.36 Å². The summed E-state index contributed by atoms with van der Waals surface area (Å²) in [7, 11) is 1.64. The fraction of sp³-hybridized carbons (Fsp3) is 0.600. The van der Waals surface area contributed by atoms with Gasteiger partial charge in [-0.15, -0.1) is 0 Å². The van der Waals surface area contributed by atoms with Gasteiger partial charge in [-0.2, -0.15) is 0 Å². The number of hydrogen-bond acceptors (Lipinski definition) is 3. The van der Waals surface area contributed by atoms with Crippen molar-refractivity contribution in [3.63, 3.8) is 0 Å². The number of aromatic nitrogens is 2. The molecule has 0 saturated carbocycles. The van der Waals surface area contributed by atoms with Crippen molar-refractivity contribution in [2.24, 2.45) is 7.05 Å². The summed E-state index contributed by atoms with van der Waals surface area (Å²) in [6, 6.07) is 0. The third-order valence-electron chi connectivity index (χ3n) is 2.16. The van der Waals surface area contributed by atoms with E-state index in [1.807, 2.05) is 29.5 Å². The Morgan fingerprint density at radius 2 is 2.12 bits per heavy atom. The Kier molecular flexibility index (Phi) is 5.20. The maximum atomic E-state index is 11.7. The molecule has 0 N–H and O–H groups in total. The zero-order valence-corrected chi connectivity index (χ0v) is 11.6. The summed E-state index contributed by atoms with van der Waals surface area (Å²) in [5.74, 6) is 0. The molecule has 0 atom stereocenters. The Hall–Kier alpha value is -0.630. The Bertz CT molecular complexity index is 430. The molecule has 0 amide bonds. The molecule has 16 heavy (non-hydrogen) atoms. The van der Waals surface area contributed by atoms with E-state index in [9.17, 15) is 9.59 Å². The molecule has 0 bridgehead atoms. The lowest BCUT2D eigenvalue weighted by molar-refractivity contribution is 0.141. The molecule has 0 aliphatic rings. The van der Waals surface area contributed by atoms with Gasteiger partial charge in [0.25, 0.3) is 5.56 Å². The van der Waals surface area contributed by atoms with E-state index in [2.05, 4.69) is 0 Å². The lowest BCUT2D eigenvalue weighted by Crippen LogP contribution is -2.40. The minimum Gasteiger partial charge on any atom is -0.382 e. The first kappa shape index (κ1) is 13.4. The van der Waals surface area contributed by atoms with Crippen molar-refractivity contribution in [2.75, 3.05) is 13.2 Å². The van der Waals surface area contributed by atoms with Gasteiger partial charge in [0.05, 0.1) is 3.57 Å². The van der Waals surface area contributed by atoms with E-state index < -0.39 is 0 Å². The zero-order valence-electron chi connectivity index (χ0n) is 9.40. The van der Waals surface area contributed by atoms with Gasteiger partial charge in [0.2, 0.25) is 0 Å². The summed E-state index contributed by atoms with van der Waals surface area (Å²) in [6.07, 6.45) is 2.22. The normalized spacial score (nSPS) is 10.7. The molecule has 1 aromatic rings. The van der Waals surface area contributed by atoms with Gasteiger partial charge in [-0.25, -0.2) is 4.79 Å². The van der Waals surface area contributed by atoms with E-state index in [-0.39, 0.29) is 11.2 Å². The highest BCUT2D eigenvalue weighted by molar-refractivity contribution is 14.1. The highest BCUT2D eigenvalue weighted by Crippen LogP contribution is 1.94. The maximum absolute atomic E-state index is 11.7. The lowest BCUT2D eigenvalue weighted by atomic mass is 10.4. The van der Waals surface area contributed by atoms with Crippen LogP contribution in [-0.4, -0.2) is 22.3 Å². The van der Waals surface area contributed by atoms with Crippen molar-refractivity contribution in [3.05, 3.63) is 30.6 Å².